The fourth-order valence-corrected chi connectivity index (χ4v) is 3.88. The number of phenols is 1. The number of aliphatic hydroxyl groups is 1. The van der Waals surface area contributed by atoms with Crippen molar-refractivity contribution in [3.8, 4) is 11.5 Å². The summed E-state index contributed by atoms with van der Waals surface area (Å²) in [4.78, 5) is 27.0. The van der Waals surface area contributed by atoms with E-state index in [0.717, 1.165) is 23.5 Å². The normalized spacial score (nSPS) is 17.3. The van der Waals surface area contributed by atoms with Crippen LogP contribution in [0.15, 0.2) is 72.3 Å². The Kier molecular flexibility index (Phi) is 6.32. The van der Waals surface area contributed by atoms with Crippen LogP contribution in [0.5, 0.6) is 11.5 Å². The lowest BCUT2D eigenvalue weighted by molar-refractivity contribution is -0.132. The molecule has 0 spiro atoms. The van der Waals surface area contributed by atoms with Crippen LogP contribution < -0.4 is 9.64 Å². The van der Waals surface area contributed by atoms with Crippen molar-refractivity contribution in [3.05, 3.63) is 95.1 Å². The third kappa shape index (κ3) is 4.22. The van der Waals surface area contributed by atoms with Crippen molar-refractivity contribution in [1.82, 2.24) is 0 Å². The van der Waals surface area contributed by atoms with Crippen LogP contribution in [0.3, 0.4) is 0 Å². The first-order valence-electron chi connectivity index (χ1n) is 10.6. The summed E-state index contributed by atoms with van der Waals surface area (Å²) in [7, 11) is 0. The Morgan fingerprint density at radius 3 is 2.50 bits per heavy atom. The largest absolute Gasteiger partial charge is 0.508 e. The monoisotopic (exact) mass is 465 g/mol. The number of anilines is 1. The number of hydrogen-bond donors (Lipinski definition) is 2. The number of amides is 1. The maximum Gasteiger partial charge on any atom is 0.300 e. The molecule has 1 heterocycles. The van der Waals surface area contributed by atoms with E-state index in [4.69, 9.17) is 4.74 Å². The fourth-order valence-electron chi connectivity index (χ4n) is 3.88. The van der Waals surface area contributed by atoms with Gasteiger partial charge in [-0.1, -0.05) is 31.2 Å². The first-order chi connectivity index (χ1) is 16.3. The molecule has 4 rings (SSSR count). The van der Waals surface area contributed by atoms with Gasteiger partial charge in [0.05, 0.1) is 23.9 Å². The van der Waals surface area contributed by atoms with Crippen LogP contribution in [0.4, 0.5) is 14.5 Å². The first-order valence-corrected chi connectivity index (χ1v) is 10.6. The summed E-state index contributed by atoms with van der Waals surface area (Å²) >= 11 is 0. The predicted molar refractivity (Wildman–Crippen MR) is 121 cm³/mol. The molecule has 1 saturated heterocycles. The van der Waals surface area contributed by atoms with Gasteiger partial charge in [0.25, 0.3) is 11.7 Å². The van der Waals surface area contributed by atoms with E-state index in [9.17, 15) is 28.6 Å². The van der Waals surface area contributed by atoms with Crippen molar-refractivity contribution in [1.29, 1.82) is 0 Å². The molecule has 1 aliphatic rings. The van der Waals surface area contributed by atoms with Gasteiger partial charge >= 0.3 is 0 Å². The van der Waals surface area contributed by atoms with Gasteiger partial charge in [0.1, 0.15) is 28.9 Å². The molecular formula is C26H21F2NO5. The van der Waals surface area contributed by atoms with Crippen LogP contribution in [-0.4, -0.2) is 28.5 Å². The average Bonchev–Trinajstić information content (AvgIpc) is 3.08. The smallest absolute Gasteiger partial charge is 0.300 e. The highest BCUT2D eigenvalue weighted by atomic mass is 19.1. The minimum atomic E-state index is -1.27. The van der Waals surface area contributed by atoms with E-state index in [1.54, 1.807) is 18.2 Å². The van der Waals surface area contributed by atoms with Gasteiger partial charge in [0, 0.05) is 11.6 Å². The topological polar surface area (TPSA) is 87.1 Å². The van der Waals surface area contributed by atoms with Gasteiger partial charge in [-0.3, -0.25) is 14.5 Å². The second-order valence-electron chi connectivity index (χ2n) is 7.74. The number of aliphatic hydroxyl groups excluding tert-OH is 1. The molecule has 1 amide bonds. The number of carbonyl (C=O) groups excluding carboxylic acids is 2. The number of ether oxygens (including phenoxy) is 1. The number of benzene rings is 3. The average molecular weight is 465 g/mol. The van der Waals surface area contributed by atoms with Gasteiger partial charge in [-0.05, 0) is 48.4 Å². The Hall–Kier alpha value is -4.20. The second kappa shape index (κ2) is 9.35. The van der Waals surface area contributed by atoms with Crippen LogP contribution in [0.25, 0.3) is 5.76 Å². The standard InChI is InChI=1S/C26H21F2NO5/c1-2-11-34-19-8-4-6-16(13-19)24(31)22-23(15-5-3-7-18(30)12-15)29(26(33)25(22)32)21-10-9-17(27)14-20(21)28/h3-10,12-14,23,30-31H,2,11H2,1H3/b24-22+. The van der Waals surface area contributed by atoms with Gasteiger partial charge < -0.3 is 14.9 Å². The summed E-state index contributed by atoms with van der Waals surface area (Å²) in [6, 6.07) is 13.4. The molecule has 1 aliphatic heterocycles. The minimum Gasteiger partial charge on any atom is -0.508 e. The van der Waals surface area contributed by atoms with Crippen molar-refractivity contribution >= 4 is 23.1 Å². The van der Waals surface area contributed by atoms with Gasteiger partial charge in [0.2, 0.25) is 0 Å². The maximum atomic E-state index is 14.7. The molecule has 8 heteroatoms. The fraction of sp³-hybridized carbons (Fsp3) is 0.154. The van der Waals surface area contributed by atoms with Crippen LogP contribution in [-0.2, 0) is 9.59 Å². The summed E-state index contributed by atoms with van der Waals surface area (Å²) in [6.45, 7) is 2.39. The molecule has 34 heavy (non-hydrogen) atoms. The van der Waals surface area contributed by atoms with Crippen LogP contribution >= 0.6 is 0 Å². The zero-order valence-electron chi connectivity index (χ0n) is 18.2. The molecule has 1 unspecified atom stereocenters. The Morgan fingerprint density at radius 1 is 1.03 bits per heavy atom. The van der Waals surface area contributed by atoms with Gasteiger partial charge in [0.15, 0.2) is 0 Å². The molecule has 0 saturated carbocycles. The lowest BCUT2D eigenvalue weighted by Crippen LogP contribution is -2.30. The van der Waals surface area contributed by atoms with E-state index in [2.05, 4.69) is 0 Å². The second-order valence-corrected chi connectivity index (χ2v) is 7.74. The Morgan fingerprint density at radius 2 is 1.79 bits per heavy atom. The number of aromatic hydroxyl groups is 1. The molecule has 0 radical (unpaired) electrons. The van der Waals surface area contributed by atoms with Crippen molar-refractivity contribution in [2.24, 2.45) is 0 Å². The Labute approximate surface area is 194 Å². The number of carbonyl (C=O) groups is 2. The van der Waals surface area contributed by atoms with Crippen molar-refractivity contribution < 1.29 is 33.3 Å². The molecule has 174 valence electrons. The maximum absolute atomic E-state index is 14.7. The van der Waals surface area contributed by atoms with Gasteiger partial charge in [-0.25, -0.2) is 8.78 Å². The number of rotatable bonds is 6. The highest BCUT2D eigenvalue weighted by Gasteiger charge is 2.47. The SMILES string of the molecule is CCCOc1cccc(/C(O)=C2\C(=O)C(=O)N(c3ccc(F)cc3F)C2c2cccc(O)c2)c1. The lowest BCUT2D eigenvalue weighted by atomic mass is 9.95. The summed E-state index contributed by atoms with van der Waals surface area (Å²) in [5, 5.41) is 21.2. The van der Waals surface area contributed by atoms with Crippen LogP contribution in [0.1, 0.15) is 30.5 Å². The summed E-state index contributed by atoms with van der Waals surface area (Å²) in [5.41, 5.74) is -0.165. The molecule has 2 N–H and O–H groups in total. The zero-order valence-corrected chi connectivity index (χ0v) is 18.2. The summed E-state index contributed by atoms with van der Waals surface area (Å²) in [6.07, 6.45) is 0.766. The molecule has 0 bridgehead atoms. The van der Waals surface area contributed by atoms with E-state index >= 15 is 0 Å². The quantitative estimate of drug-likeness (QED) is 0.301. The number of ketones is 1. The Balaban J connectivity index is 1.92. The van der Waals surface area contributed by atoms with E-state index in [-0.39, 0.29) is 28.1 Å². The predicted octanol–water partition coefficient (Wildman–Crippen LogP) is 5.09. The van der Waals surface area contributed by atoms with Crippen molar-refractivity contribution in [2.45, 2.75) is 19.4 Å². The molecule has 1 atom stereocenters. The zero-order chi connectivity index (χ0) is 24.4. The molecule has 3 aromatic carbocycles. The molecular weight excluding hydrogens is 444 g/mol. The molecule has 0 aromatic heterocycles. The van der Waals surface area contributed by atoms with Crippen LogP contribution in [0.2, 0.25) is 0 Å². The summed E-state index contributed by atoms with van der Waals surface area (Å²) in [5.74, 6) is -4.24. The summed E-state index contributed by atoms with van der Waals surface area (Å²) < 4.78 is 33.8. The van der Waals surface area contributed by atoms with Crippen LogP contribution in [0, 0.1) is 11.6 Å². The molecule has 3 aromatic rings. The number of hydrogen-bond acceptors (Lipinski definition) is 5. The van der Waals surface area contributed by atoms with Crippen molar-refractivity contribution in [2.75, 3.05) is 11.5 Å². The lowest BCUT2D eigenvalue weighted by Gasteiger charge is -2.26. The third-order valence-corrected chi connectivity index (χ3v) is 5.38. The number of Topliss-reactive ketones (excluding diaryl/α,β-unsaturated/α-hetero) is 1. The Bertz CT molecular complexity index is 1300. The third-order valence-electron chi connectivity index (χ3n) is 5.38. The van der Waals surface area contributed by atoms with Crippen molar-refractivity contribution in [3.63, 3.8) is 0 Å². The molecule has 1 fully saturated rings. The molecule has 0 aliphatic carbocycles. The van der Waals surface area contributed by atoms with Gasteiger partial charge in [-0.15, -0.1) is 0 Å². The number of phenolic OH excluding ortho intramolecular Hbond substituents is 1. The minimum absolute atomic E-state index is 0.155. The highest BCUT2D eigenvalue weighted by Crippen LogP contribution is 2.43. The van der Waals surface area contributed by atoms with Gasteiger partial charge in [-0.2, -0.15) is 0 Å². The van der Waals surface area contributed by atoms with E-state index in [0.29, 0.717) is 18.4 Å². The first kappa shape index (κ1) is 23.0. The van der Waals surface area contributed by atoms with E-state index in [1.165, 1.54) is 30.3 Å². The highest BCUT2D eigenvalue weighted by molar-refractivity contribution is 6.51. The number of nitrogens with zero attached hydrogens (tertiary/aromatic N) is 1. The molecule has 6 nitrogen and oxygen atoms in total. The van der Waals surface area contributed by atoms with E-state index in [1.807, 2.05) is 6.92 Å². The van der Waals surface area contributed by atoms with E-state index < -0.39 is 35.1 Å². The number of halogens is 2.